The van der Waals surface area contributed by atoms with Gasteiger partial charge >= 0.3 is 6.18 Å². The molecule has 1 aliphatic rings. The van der Waals surface area contributed by atoms with Crippen LogP contribution in [0.25, 0.3) is 0 Å². The molecule has 1 aliphatic heterocycles. The second-order valence-corrected chi connectivity index (χ2v) is 3.52. The lowest BCUT2D eigenvalue weighted by molar-refractivity contribution is -0.145. The van der Waals surface area contributed by atoms with E-state index in [0.717, 1.165) is 12.8 Å². The minimum atomic E-state index is -4.13. The first-order chi connectivity index (χ1) is 6.47. The zero-order chi connectivity index (χ0) is 10.6. The lowest BCUT2D eigenvalue weighted by Crippen LogP contribution is -2.37. The highest BCUT2D eigenvalue weighted by molar-refractivity contribution is 4.83. The predicted molar refractivity (Wildman–Crippen MR) is 46.8 cm³/mol. The quantitative estimate of drug-likeness (QED) is 0.706. The zero-order valence-corrected chi connectivity index (χ0v) is 8.05. The van der Waals surface area contributed by atoms with Crippen LogP contribution < -0.4 is 0 Å². The van der Waals surface area contributed by atoms with Crippen molar-refractivity contribution < 1.29 is 17.9 Å². The molecule has 1 rings (SSSR count). The van der Waals surface area contributed by atoms with Crippen LogP contribution in [0, 0.1) is 0 Å². The largest absolute Gasteiger partial charge is 0.497 e. The lowest BCUT2D eigenvalue weighted by atomic mass is 10.1. The van der Waals surface area contributed by atoms with Crippen molar-refractivity contribution in [2.24, 2.45) is 0 Å². The minimum Gasteiger partial charge on any atom is -0.497 e. The summed E-state index contributed by atoms with van der Waals surface area (Å²) >= 11 is 0. The van der Waals surface area contributed by atoms with Crippen LogP contribution in [0.5, 0.6) is 0 Å². The summed E-state index contributed by atoms with van der Waals surface area (Å²) in [5, 5.41) is 0. The molecule has 1 atom stereocenters. The monoisotopic (exact) mass is 209 g/mol. The Bertz CT molecular complexity index is 203. The van der Waals surface area contributed by atoms with Crippen LogP contribution in [0.2, 0.25) is 0 Å². The average molecular weight is 209 g/mol. The van der Waals surface area contributed by atoms with Gasteiger partial charge < -0.3 is 4.74 Å². The Labute approximate surface area is 81.3 Å². The van der Waals surface area contributed by atoms with Crippen molar-refractivity contribution in [1.82, 2.24) is 4.90 Å². The summed E-state index contributed by atoms with van der Waals surface area (Å²) in [6, 6.07) is 0. The number of hydrogen-bond acceptors (Lipinski definition) is 2. The second-order valence-electron chi connectivity index (χ2n) is 3.52. The molecule has 0 amide bonds. The standard InChI is InChI=1S/C9H14F3NO/c1-13(7-9(10,11)12)6-8-4-2-3-5-14-8/h3,5,8H,2,4,6-7H2,1H3. The first-order valence-corrected chi connectivity index (χ1v) is 4.53. The highest BCUT2D eigenvalue weighted by Crippen LogP contribution is 2.17. The van der Waals surface area contributed by atoms with E-state index >= 15 is 0 Å². The first-order valence-electron chi connectivity index (χ1n) is 4.53. The number of halogens is 3. The molecule has 0 aliphatic carbocycles. The van der Waals surface area contributed by atoms with Gasteiger partial charge in [-0.25, -0.2) is 0 Å². The van der Waals surface area contributed by atoms with Gasteiger partial charge in [0.15, 0.2) is 0 Å². The molecular weight excluding hydrogens is 195 g/mol. The molecule has 0 N–H and O–H groups in total. The van der Waals surface area contributed by atoms with E-state index in [1.807, 2.05) is 6.08 Å². The fourth-order valence-corrected chi connectivity index (χ4v) is 1.44. The third-order valence-corrected chi connectivity index (χ3v) is 1.99. The number of hydrogen-bond donors (Lipinski definition) is 0. The molecule has 1 unspecified atom stereocenters. The van der Waals surface area contributed by atoms with Gasteiger partial charge in [0.1, 0.15) is 6.10 Å². The van der Waals surface area contributed by atoms with E-state index in [1.54, 1.807) is 6.26 Å². The van der Waals surface area contributed by atoms with Crippen LogP contribution in [0.15, 0.2) is 12.3 Å². The molecular formula is C9H14F3NO. The first kappa shape index (κ1) is 11.4. The Morgan fingerprint density at radius 2 is 2.21 bits per heavy atom. The average Bonchev–Trinajstić information content (AvgIpc) is 2.02. The maximum absolute atomic E-state index is 12.0. The molecule has 0 spiro atoms. The van der Waals surface area contributed by atoms with Gasteiger partial charge in [-0.3, -0.25) is 4.90 Å². The van der Waals surface area contributed by atoms with Crippen molar-refractivity contribution in [3.05, 3.63) is 12.3 Å². The van der Waals surface area contributed by atoms with Gasteiger partial charge in [0, 0.05) is 6.54 Å². The summed E-state index contributed by atoms with van der Waals surface area (Å²) in [7, 11) is 1.45. The molecule has 14 heavy (non-hydrogen) atoms. The Morgan fingerprint density at radius 3 is 2.71 bits per heavy atom. The molecule has 0 radical (unpaired) electrons. The van der Waals surface area contributed by atoms with Crippen molar-refractivity contribution in [1.29, 1.82) is 0 Å². The van der Waals surface area contributed by atoms with Gasteiger partial charge in [-0.2, -0.15) is 13.2 Å². The molecule has 0 bridgehead atoms. The number of likely N-dealkylation sites (N-methyl/N-ethyl adjacent to an activating group) is 1. The maximum atomic E-state index is 12.0. The van der Waals surface area contributed by atoms with Crippen molar-refractivity contribution in [2.75, 3.05) is 20.1 Å². The normalized spacial score (nSPS) is 22.5. The number of nitrogens with zero attached hydrogens (tertiary/aromatic N) is 1. The molecule has 5 heteroatoms. The third kappa shape index (κ3) is 4.50. The zero-order valence-electron chi connectivity index (χ0n) is 8.05. The number of rotatable bonds is 3. The number of alkyl halides is 3. The summed E-state index contributed by atoms with van der Waals surface area (Å²) < 4.78 is 41.1. The van der Waals surface area contributed by atoms with Gasteiger partial charge in [0.25, 0.3) is 0 Å². The van der Waals surface area contributed by atoms with Gasteiger partial charge in [0.2, 0.25) is 0 Å². The van der Waals surface area contributed by atoms with E-state index in [2.05, 4.69) is 0 Å². The Hall–Kier alpha value is -0.710. The summed E-state index contributed by atoms with van der Waals surface area (Å²) in [6.45, 7) is -0.555. The maximum Gasteiger partial charge on any atom is 0.401 e. The predicted octanol–water partition coefficient (Wildman–Crippen LogP) is 2.17. The number of allylic oxidation sites excluding steroid dienone is 1. The molecule has 2 nitrogen and oxygen atoms in total. The van der Waals surface area contributed by atoms with Crippen LogP contribution in [0.4, 0.5) is 13.2 Å². The van der Waals surface area contributed by atoms with E-state index in [-0.39, 0.29) is 6.10 Å². The second kappa shape index (κ2) is 4.68. The fraction of sp³-hybridized carbons (Fsp3) is 0.778. The van der Waals surface area contributed by atoms with Crippen molar-refractivity contribution in [3.63, 3.8) is 0 Å². The fourth-order valence-electron chi connectivity index (χ4n) is 1.44. The Balaban J connectivity index is 2.26. The summed E-state index contributed by atoms with van der Waals surface area (Å²) in [4.78, 5) is 1.24. The highest BCUT2D eigenvalue weighted by atomic mass is 19.4. The van der Waals surface area contributed by atoms with Crippen molar-refractivity contribution in [3.8, 4) is 0 Å². The van der Waals surface area contributed by atoms with Crippen LogP contribution in [-0.4, -0.2) is 37.3 Å². The van der Waals surface area contributed by atoms with Crippen molar-refractivity contribution in [2.45, 2.75) is 25.1 Å². The summed E-state index contributed by atoms with van der Waals surface area (Å²) in [5.41, 5.74) is 0. The van der Waals surface area contributed by atoms with Crippen LogP contribution in [0.3, 0.4) is 0 Å². The highest BCUT2D eigenvalue weighted by Gasteiger charge is 2.30. The van der Waals surface area contributed by atoms with Crippen LogP contribution in [0.1, 0.15) is 12.8 Å². The molecule has 1 heterocycles. The molecule has 0 aromatic heterocycles. The van der Waals surface area contributed by atoms with E-state index in [9.17, 15) is 13.2 Å². The summed E-state index contributed by atoms with van der Waals surface area (Å²) in [6.07, 6.45) is 0.880. The van der Waals surface area contributed by atoms with E-state index in [1.165, 1.54) is 11.9 Å². The molecule has 0 aromatic carbocycles. The van der Waals surface area contributed by atoms with Gasteiger partial charge in [0.05, 0.1) is 12.8 Å². The van der Waals surface area contributed by atoms with Gasteiger partial charge in [-0.15, -0.1) is 0 Å². The summed E-state index contributed by atoms with van der Waals surface area (Å²) in [5.74, 6) is 0. The van der Waals surface area contributed by atoms with Crippen molar-refractivity contribution >= 4 is 0 Å². The SMILES string of the molecule is CN(CC1CCC=CO1)CC(F)(F)F. The molecule has 0 saturated heterocycles. The Kier molecular flexibility index (Phi) is 3.80. The number of ether oxygens (including phenoxy) is 1. The smallest absolute Gasteiger partial charge is 0.401 e. The van der Waals surface area contributed by atoms with E-state index in [4.69, 9.17) is 4.74 Å². The van der Waals surface area contributed by atoms with E-state index in [0.29, 0.717) is 6.54 Å². The Morgan fingerprint density at radius 1 is 1.50 bits per heavy atom. The molecule has 0 aromatic rings. The topological polar surface area (TPSA) is 12.5 Å². The minimum absolute atomic E-state index is 0.104. The van der Waals surface area contributed by atoms with Crippen LogP contribution in [-0.2, 0) is 4.74 Å². The third-order valence-electron chi connectivity index (χ3n) is 1.99. The molecule has 0 saturated carbocycles. The lowest BCUT2D eigenvalue weighted by Gasteiger charge is -2.25. The van der Waals surface area contributed by atoms with E-state index < -0.39 is 12.7 Å². The molecule has 82 valence electrons. The van der Waals surface area contributed by atoms with Gasteiger partial charge in [-0.1, -0.05) is 0 Å². The molecule has 0 fully saturated rings. The van der Waals surface area contributed by atoms with Crippen LogP contribution >= 0.6 is 0 Å². The van der Waals surface area contributed by atoms with Gasteiger partial charge in [-0.05, 0) is 26.0 Å².